The third-order valence-corrected chi connectivity index (χ3v) is 2.33. The van der Waals surface area contributed by atoms with E-state index in [1.54, 1.807) is 6.07 Å². The summed E-state index contributed by atoms with van der Waals surface area (Å²) in [6.45, 7) is 0.136. The number of aromatic nitrogens is 2. The van der Waals surface area contributed by atoms with Crippen LogP contribution < -0.4 is 5.73 Å². The summed E-state index contributed by atoms with van der Waals surface area (Å²) < 4.78 is 0. The lowest BCUT2D eigenvalue weighted by Crippen LogP contribution is -2.12. The summed E-state index contributed by atoms with van der Waals surface area (Å²) in [6, 6.07) is 5.42. The zero-order chi connectivity index (χ0) is 10.1. The second-order valence-electron chi connectivity index (χ2n) is 3.01. The van der Waals surface area contributed by atoms with Crippen molar-refractivity contribution in [2.24, 2.45) is 5.73 Å². The van der Waals surface area contributed by atoms with Crippen molar-refractivity contribution in [3.63, 3.8) is 0 Å². The number of benzene rings is 1. The summed E-state index contributed by atoms with van der Waals surface area (Å²) in [4.78, 5) is 7.13. The molecule has 0 saturated heterocycles. The Morgan fingerprint density at radius 1 is 1.57 bits per heavy atom. The second kappa shape index (κ2) is 3.57. The Morgan fingerprint density at radius 3 is 3.00 bits per heavy atom. The van der Waals surface area contributed by atoms with Gasteiger partial charge in [0.15, 0.2) is 0 Å². The van der Waals surface area contributed by atoms with Crippen molar-refractivity contribution in [3.05, 3.63) is 29.0 Å². The van der Waals surface area contributed by atoms with Crippen LogP contribution in [0.25, 0.3) is 11.0 Å². The number of aliphatic hydroxyl groups is 1. The highest BCUT2D eigenvalue weighted by molar-refractivity contribution is 6.34. The molecule has 0 fully saturated rings. The third-order valence-electron chi connectivity index (χ3n) is 2.02. The molecule has 4 N–H and O–H groups in total. The normalized spacial score (nSPS) is 13.4. The molecular weight excluding hydrogens is 202 g/mol. The van der Waals surface area contributed by atoms with E-state index in [0.717, 1.165) is 5.52 Å². The first-order valence-corrected chi connectivity index (χ1v) is 4.62. The first-order chi connectivity index (χ1) is 6.72. The molecular formula is C9H10ClN3O. The fourth-order valence-electron chi connectivity index (χ4n) is 1.29. The van der Waals surface area contributed by atoms with Gasteiger partial charge in [-0.3, -0.25) is 0 Å². The Balaban J connectivity index is 2.56. The lowest BCUT2D eigenvalue weighted by molar-refractivity contribution is 0.178. The summed E-state index contributed by atoms with van der Waals surface area (Å²) in [7, 11) is 0. The highest BCUT2D eigenvalue weighted by Crippen LogP contribution is 2.22. The van der Waals surface area contributed by atoms with E-state index in [2.05, 4.69) is 9.97 Å². The summed E-state index contributed by atoms with van der Waals surface area (Å²) >= 11 is 5.92. The standard InChI is InChI=1S/C9H10ClN3O/c10-5-2-1-3-6-8(5)13-9(12-6)7(14)4-11/h1-3,7,14H,4,11H2,(H,12,13). The molecule has 5 heteroatoms. The van der Waals surface area contributed by atoms with Gasteiger partial charge in [0.2, 0.25) is 0 Å². The first kappa shape index (κ1) is 9.45. The van der Waals surface area contributed by atoms with Crippen LogP contribution in [0.2, 0.25) is 5.02 Å². The lowest BCUT2D eigenvalue weighted by atomic mass is 10.3. The molecule has 1 unspecified atom stereocenters. The van der Waals surface area contributed by atoms with Gasteiger partial charge in [0.1, 0.15) is 17.4 Å². The van der Waals surface area contributed by atoms with E-state index >= 15 is 0 Å². The first-order valence-electron chi connectivity index (χ1n) is 4.24. The zero-order valence-corrected chi connectivity index (χ0v) is 8.12. The van der Waals surface area contributed by atoms with Crippen molar-refractivity contribution in [1.29, 1.82) is 0 Å². The molecule has 1 atom stereocenters. The number of nitrogens with zero attached hydrogens (tertiary/aromatic N) is 1. The van der Waals surface area contributed by atoms with Crippen LogP contribution in [0.3, 0.4) is 0 Å². The number of imidazole rings is 1. The topological polar surface area (TPSA) is 74.9 Å². The molecule has 0 aliphatic heterocycles. The Kier molecular flexibility index (Phi) is 2.41. The SMILES string of the molecule is NCC(O)c1nc2c(Cl)cccc2[nH]1. The molecule has 0 aliphatic rings. The molecule has 0 aliphatic carbocycles. The van der Waals surface area contributed by atoms with E-state index in [9.17, 15) is 5.11 Å². The summed E-state index contributed by atoms with van der Waals surface area (Å²) in [5.74, 6) is 0.454. The number of hydrogen-bond donors (Lipinski definition) is 3. The van der Waals surface area contributed by atoms with Gasteiger partial charge in [0, 0.05) is 6.54 Å². The van der Waals surface area contributed by atoms with E-state index in [-0.39, 0.29) is 6.54 Å². The highest BCUT2D eigenvalue weighted by atomic mass is 35.5. The van der Waals surface area contributed by atoms with Crippen LogP contribution in [0.1, 0.15) is 11.9 Å². The van der Waals surface area contributed by atoms with Gasteiger partial charge in [-0.2, -0.15) is 0 Å². The molecule has 1 aromatic carbocycles. The van der Waals surface area contributed by atoms with E-state index in [0.29, 0.717) is 16.4 Å². The Morgan fingerprint density at radius 2 is 2.36 bits per heavy atom. The lowest BCUT2D eigenvalue weighted by Gasteiger charge is -2.01. The number of nitrogens with one attached hydrogen (secondary N) is 1. The maximum absolute atomic E-state index is 9.46. The smallest absolute Gasteiger partial charge is 0.137 e. The number of nitrogens with two attached hydrogens (primary N) is 1. The number of fused-ring (bicyclic) bond motifs is 1. The van der Waals surface area contributed by atoms with Crippen molar-refractivity contribution >= 4 is 22.6 Å². The fraction of sp³-hybridized carbons (Fsp3) is 0.222. The molecule has 14 heavy (non-hydrogen) atoms. The van der Waals surface area contributed by atoms with Gasteiger partial charge in [-0.15, -0.1) is 0 Å². The minimum absolute atomic E-state index is 0.136. The van der Waals surface area contributed by atoms with Crippen LogP contribution >= 0.6 is 11.6 Å². The van der Waals surface area contributed by atoms with E-state index < -0.39 is 6.10 Å². The molecule has 2 rings (SSSR count). The average Bonchev–Trinajstić information content (AvgIpc) is 2.62. The van der Waals surface area contributed by atoms with Crippen molar-refractivity contribution in [2.45, 2.75) is 6.10 Å². The maximum Gasteiger partial charge on any atom is 0.137 e. The van der Waals surface area contributed by atoms with Crippen LogP contribution in [0, 0.1) is 0 Å². The van der Waals surface area contributed by atoms with Gasteiger partial charge in [-0.25, -0.2) is 4.98 Å². The van der Waals surface area contributed by atoms with Gasteiger partial charge in [-0.05, 0) is 12.1 Å². The van der Waals surface area contributed by atoms with Gasteiger partial charge in [-0.1, -0.05) is 17.7 Å². The quantitative estimate of drug-likeness (QED) is 0.699. The van der Waals surface area contributed by atoms with Crippen molar-refractivity contribution in [3.8, 4) is 0 Å². The molecule has 0 saturated carbocycles. The van der Waals surface area contributed by atoms with Crippen LogP contribution in [-0.2, 0) is 0 Å². The Bertz CT molecular complexity index is 454. The number of halogens is 1. The molecule has 0 spiro atoms. The number of para-hydroxylation sites is 1. The third kappa shape index (κ3) is 1.48. The monoisotopic (exact) mass is 211 g/mol. The predicted molar refractivity (Wildman–Crippen MR) is 55.1 cm³/mol. The molecule has 1 heterocycles. The van der Waals surface area contributed by atoms with Gasteiger partial charge >= 0.3 is 0 Å². The predicted octanol–water partition coefficient (Wildman–Crippen LogP) is 1.21. The van der Waals surface area contributed by atoms with Crippen LogP contribution in [0.4, 0.5) is 0 Å². The fourth-order valence-corrected chi connectivity index (χ4v) is 1.50. The van der Waals surface area contributed by atoms with Gasteiger partial charge < -0.3 is 15.8 Å². The molecule has 1 aromatic heterocycles. The van der Waals surface area contributed by atoms with Crippen molar-refractivity contribution in [2.75, 3.05) is 6.54 Å². The molecule has 0 amide bonds. The zero-order valence-electron chi connectivity index (χ0n) is 7.37. The van der Waals surface area contributed by atoms with Crippen molar-refractivity contribution < 1.29 is 5.11 Å². The minimum Gasteiger partial charge on any atom is -0.384 e. The Labute approximate surface area is 85.7 Å². The van der Waals surface area contributed by atoms with Crippen molar-refractivity contribution in [1.82, 2.24) is 9.97 Å². The summed E-state index contributed by atoms with van der Waals surface area (Å²) in [5.41, 5.74) is 6.79. The van der Waals surface area contributed by atoms with Crippen LogP contribution in [0.15, 0.2) is 18.2 Å². The molecule has 0 radical (unpaired) electrons. The Hall–Kier alpha value is -1.10. The number of aliphatic hydroxyl groups excluding tert-OH is 1. The average molecular weight is 212 g/mol. The number of aromatic amines is 1. The van der Waals surface area contributed by atoms with E-state index in [1.165, 1.54) is 0 Å². The highest BCUT2D eigenvalue weighted by Gasteiger charge is 2.11. The minimum atomic E-state index is -0.765. The van der Waals surface area contributed by atoms with Gasteiger partial charge in [0.05, 0.1) is 10.5 Å². The molecule has 2 aromatic rings. The van der Waals surface area contributed by atoms with E-state index in [4.69, 9.17) is 17.3 Å². The number of H-pyrrole nitrogens is 1. The summed E-state index contributed by atoms with van der Waals surface area (Å²) in [6.07, 6.45) is -0.765. The largest absolute Gasteiger partial charge is 0.384 e. The number of rotatable bonds is 2. The van der Waals surface area contributed by atoms with Gasteiger partial charge in [0.25, 0.3) is 0 Å². The number of hydrogen-bond acceptors (Lipinski definition) is 3. The second-order valence-corrected chi connectivity index (χ2v) is 3.42. The van der Waals surface area contributed by atoms with Crippen LogP contribution in [-0.4, -0.2) is 21.6 Å². The van der Waals surface area contributed by atoms with E-state index in [1.807, 2.05) is 12.1 Å². The maximum atomic E-state index is 9.46. The molecule has 74 valence electrons. The summed E-state index contributed by atoms with van der Waals surface area (Å²) in [5, 5.41) is 10.0. The van der Waals surface area contributed by atoms with Crippen LogP contribution in [0.5, 0.6) is 0 Å². The molecule has 4 nitrogen and oxygen atoms in total. The molecule has 0 bridgehead atoms.